The molecule has 53 heavy (non-hydrogen) atoms. The minimum atomic E-state index is -2.80. The van der Waals surface area contributed by atoms with E-state index in [0.29, 0.717) is 26.1 Å². The summed E-state index contributed by atoms with van der Waals surface area (Å²) in [4.78, 5) is 0. The van der Waals surface area contributed by atoms with Crippen LogP contribution in [-0.2, 0) is 13.6 Å². The first-order chi connectivity index (χ1) is 25.1. The summed E-state index contributed by atoms with van der Waals surface area (Å²) in [6.45, 7) is 18.0. The van der Waals surface area contributed by atoms with Crippen LogP contribution in [0.4, 0.5) is 0 Å². The van der Waals surface area contributed by atoms with Crippen molar-refractivity contribution in [1.29, 1.82) is 0 Å². The molecule has 0 spiro atoms. The Kier molecular flexibility index (Phi) is 13.4. The highest BCUT2D eigenvalue weighted by Crippen LogP contribution is 2.40. The van der Waals surface area contributed by atoms with Crippen LogP contribution < -0.4 is 20.7 Å². The summed E-state index contributed by atoms with van der Waals surface area (Å²) in [5.41, 5.74) is 0. The summed E-state index contributed by atoms with van der Waals surface area (Å²) in [6, 6.07) is 42.1. The zero-order valence-electron chi connectivity index (χ0n) is 33.0. The first kappa shape index (κ1) is 41.2. The number of aliphatic hydroxyl groups is 3. The number of aliphatic hydroxyl groups excluding tert-OH is 3. The van der Waals surface area contributed by atoms with Crippen LogP contribution in [0.2, 0.25) is 10.1 Å². The average Bonchev–Trinajstić information content (AvgIpc) is 3.15. The summed E-state index contributed by atoms with van der Waals surface area (Å²) in [5, 5.41) is 38.8. The van der Waals surface area contributed by atoms with Crippen LogP contribution >= 0.6 is 0 Å². The molecule has 286 valence electrons. The first-order valence-corrected chi connectivity index (χ1v) is 23.2. The molecular formula is C45H62O6Si2. The van der Waals surface area contributed by atoms with Gasteiger partial charge in [0.15, 0.2) is 6.29 Å². The van der Waals surface area contributed by atoms with E-state index >= 15 is 0 Å². The van der Waals surface area contributed by atoms with E-state index in [2.05, 4.69) is 139 Å². The SMILES string of the molecule is C[C@H]([C@H]1OC(O)[C@H](C)[C@H](O)[C@@H]1CCO[Si](c1ccccc1)(c1ccccc1)C(C)(C)C)[C@H](O)CCO[Si](c1ccccc1)(c1ccccc1)C(C)(C)C. The van der Waals surface area contributed by atoms with Crippen LogP contribution in [-0.4, -0.2) is 69.8 Å². The van der Waals surface area contributed by atoms with E-state index in [1.54, 1.807) is 0 Å². The summed E-state index contributed by atoms with van der Waals surface area (Å²) in [5.74, 6) is -1.21. The zero-order chi connectivity index (χ0) is 38.4. The van der Waals surface area contributed by atoms with Crippen LogP contribution in [0, 0.1) is 17.8 Å². The molecule has 1 aliphatic rings. The quantitative estimate of drug-likeness (QED) is 0.132. The van der Waals surface area contributed by atoms with Gasteiger partial charge in [0, 0.05) is 31.0 Å². The van der Waals surface area contributed by atoms with Gasteiger partial charge in [0.1, 0.15) is 0 Å². The maximum absolute atomic E-state index is 11.8. The van der Waals surface area contributed by atoms with Crippen molar-refractivity contribution in [2.75, 3.05) is 13.2 Å². The molecule has 0 radical (unpaired) electrons. The van der Waals surface area contributed by atoms with Gasteiger partial charge in [-0.3, -0.25) is 0 Å². The van der Waals surface area contributed by atoms with Crippen LogP contribution in [0.25, 0.3) is 0 Å². The van der Waals surface area contributed by atoms with E-state index in [1.165, 1.54) is 20.7 Å². The highest BCUT2D eigenvalue weighted by molar-refractivity contribution is 7.00. The summed E-state index contributed by atoms with van der Waals surface area (Å²) in [7, 11) is -5.58. The molecule has 0 saturated carbocycles. The molecule has 1 unspecified atom stereocenters. The lowest BCUT2D eigenvalue weighted by Crippen LogP contribution is -2.66. The lowest BCUT2D eigenvalue weighted by Gasteiger charge is -2.47. The Bertz CT molecular complexity index is 1600. The fraction of sp³-hybridized carbons (Fsp3) is 0.467. The van der Waals surface area contributed by atoms with E-state index in [4.69, 9.17) is 13.6 Å². The Hall–Kier alpha value is -2.93. The molecular weight excluding hydrogens is 693 g/mol. The van der Waals surface area contributed by atoms with Gasteiger partial charge in [-0.1, -0.05) is 177 Å². The van der Waals surface area contributed by atoms with Crippen LogP contribution in [0.15, 0.2) is 121 Å². The zero-order valence-corrected chi connectivity index (χ0v) is 35.0. The van der Waals surface area contributed by atoms with Crippen molar-refractivity contribution >= 4 is 37.4 Å². The topological polar surface area (TPSA) is 88.4 Å². The highest BCUT2D eigenvalue weighted by Gasteiger charge is 2.52. The number of benzene rings is 4. The van der Waals surface area contributed by atoms with Crippen LogP contribution in [0.3, 0.4) is 0 Å². The molecule has 1 aliphatic heterocycles. The predicted molar refractivity (Wildman–Crippen MR) is 221 cm³/mol. The van der Waals surface area contributed by atoms with Crippen LogP contribution in [0.5, 0.6) is 0 Å². The largest absolute Gasteiger partial charge is 0.407 e. The van der Waals surface area contributed by atoms with E-state index in [0.717, 1.165) is 0 Å². The van der Waals surface area contributed by atoms with E-state index < -0.39 is 47.2 Å². The smallest absolute Gasteiger partial charge is 0.261 e. The Balaban J connectivity index is 1.37. The summed E-state index contributed by atoms with van der Waals surface area (Å²) < 4.78 is 20.6. The molecule has 1 saturated heterocycles. The molecule has 7 atom stereocenters. The maximum Gasteiger partial charge on any atom is 0.261 e. The molecule has 0 bridgehead atoms. The molecule has 0 aromatic heterocycles. The Morgan fingerprint density at radius 1 is 0.623 bits per heavy atom. The molecule has 4 aromatic carbocycles. The molecule has 1 heterocycles. The van der Waals surface area contributed by atoms with Gasteiger partial charge in [-0.2, -0.15) is 0 Å². The Morgan fingerprint density at radius 2 is 0.981 bits per heavy atom. The lowest BCUT2D eigenvalue weighted by molar-refractivity contribution is -0.262. The van der Waals surface area contributed by atoms with E-state index in [-0.39, 0.29) is 21.9 Å². The Labute approximate surface area is 320 Å². The van der Waals surface area contributed by atoms with Crippen molar-refractivity contribution in [2.45, 2.75) is 103 Å². The third kappa shape index (κ3) is 8.51. The van der Waals surface area contributed by atoms with Crippen molar-refractivity contribution < 1.29 is 28.9 Å². The standard InChI is InChI=1S/C45H62O6Si2/c1-33(40(46)30-32-50-53(45(6,7)8,37-25-17-11-18-26-37)38-27-19-12-20-28-38)42-39(41(47)34(2)43(48)51-42)29-31-49-52(44(3,4)5,35-21-13-9-14-22-35)36-23-15-10-16-24-36/h9-28,33-34,39-43,46-48H,29-32H2,1-8H3/t33-,34+,39-,40+,41-,42+,43?/m0/s1. The minimum absolute atomic E-state index is 0.181. The van der Waals surface area contributed by atoms with Crippen molar-refractivity contribution in [3.63, 3.8) is 0 Å². The van der Waals surface area contributed by atoms with Gasteiger partial charge in [-0.15, -0.1) is 0 Å². The van der Waals surface area contributed by atoms with E-state index in [1.807, 2.05) is 38.1 Å². The average molecular weight is 755 g/mol. The molecule has 0 amide bonds. The fourth-order valence-corrected chi connectivity index (χ4v) is 17.8. The van der Waals surface area contributed by atoms with Crippen LogP contribution in [0.1, 0.15) is 68.2 Å². The van der Waals surface area contributed by atoms with Gasteiger partial charge >= 0.3 is 0 Å². The highest BCUT2D eigenvalue weighted by atomic mass is 28.4. The van der Waals surface area contributed by atoms with Crippen molar-refractivity contribution in [2.24, 2.45) is 17.8 Å². The lowest BCUT2D eigenvalue weighted by atomic mass is 9.76. The first-order valence-electron chi connectivity index (χ1n) is 19.3. The molecule has 0 aliphatic carbocycles. The number of rotatable bonds is 14. The second-order valence-electron chi connectivity index (χ2n) is 17.0. The van der Waals surface area contributed by atoms with Gasteiger partial charge in [0.25, 0.3) is 16.6 Å². The summed E-state index contributed by atoms with van der Waals surface area (Å²) >= 11 is 0. The normalized spacial score (nSPS) is 22.7. The molecule has 5 rings (SSSR count). The second kappa shape index (κ2) is 17.3. The molecule has 4 aromatic rings. The van der Waals surface area contributed by atoms with E-state index in [9.17, 15) is 15.3 Å². The van der Waals surface area contributed by atoms with Gasteiger partial charge < -0.3 is 28.9 Å². The Morgan fingerprint density at radius 3 is 1.34 bits per heavy atom. The molecule has 8 heteroatoms. The monoisotopic (exact) mass is 754 g/mol. The second-order valence-corrected chi connectivity index (χ2v) is 25.6. The van der Waals surface area contributed by atoms with Crippen molar-refractivity contribution in [3.8, 4) is 0 Å². The molecule has 1 fully saturated rings. The number of hydrogen-bond acceptors (Lipinski definition) is 6. The van der Waals surface area contributed by atoms with Gasteiger partial charge in [-0.05, 0) is 43.7 Å². The predicted octanol–water partition coefficient (Wildman–Crippen LogP) is 6.25. The third-order valence-corrected chi connectivity index (χ3v) is 21.7. The number of hydrogen-bond donors (Lipinski definition) is 3. The maximum atomic E-state index is 11.8. The van der Waals surface area contributed by atoms with Crippen molar-refractivity contribution in [1.82, 2.24) is 0 Å². The minimum Gasteiger partial charge on any atom is -0.407 e. The third-order valence-electron chi connectivity index (χ3n) is 11.6. The molecule has 3 N–H and O–H groups in total. The summed E-state index contributed by atoms with van der Waals surface area (Å²) in [6.07, 6.45) is -2.42. The molecule has 6 nitrogen and oxygen atoms in total. The van der Waals surface area contributed by atoms with Gasteiger partial charge in [-0.25, -0.2) is 0 Å². The van der Waals surface area contributed by atoms with Gasteiger partial charge in [0.2, 0.25) is 0 Å². The number of ether oxygens (including phenoxy) is 1. The van der Waals surface area contributed by atoms with Crippen molar-refractivity contribution in [3.05, 3.63) is 121 Å². The fourth-order valence-electron chi connectivity index (χ4n) is 8.67. The van der Waals surface area contributed by atoms with Gasteiger partial charge in [0.05, 0.1) is 18.3 Å².